The SMILES string of the molecule is NC1CCC(C(=O)Nc2ccc(C(=O)O)c(F)c2)C1. The number of hydrogen-bond acceptors (Lipinski definition) is 3. The Hall–Kier alpha value is -1.95. The van der Waals surface area contributed by atoms with Crippen molar-refractivity contribution in [1.29, 1.82) is 0 Å². The molecule has 19 heavy (non-hydrogen) atoms. The Morgan fingerprint density at radius 3 is 2.63 bits per heavy atom. The molecule has 0 radical (unpaired) electrons. The van der Waals surface area contributed by atoms with Crippen LogP contribution < -0.4 is 11.1 Å². The van der Waals surface area contributed by atoms with Crippen molar-refractivity contribution in [3.63, 3.8) is 0 Å². The predicted molar refractivity (Wildman–Crippen MR) is 67.3 cm³/mol. The van der Waals surface area contributed by atoms with Gasteiger partial charge in [0.25, 0.3) is 0 Å². The molecule has 0 heterocycles. The van der Waals surface area contributed by atoms with Crippen LogP contribution in [0.3, 0.4) is 0 Å². The summed E-state index contributed by atoms with van der Waals surface area (Å²) in [6.07, 6.45) is 2.16. The number of hydrogen-bond donors (Lipinski definition) is 3. The van der Waals surface area contributed by atoms with E-state index in [1.54, 1.807) is 0 Å². The number of benzene rings is 1. The van der Waals surface area contributed by atoms with Crippen molar-refractivity contribution >= 4 is 17.6 Å². The van der Waals surface area contributed by atoms with Crippen molar-refractivity contribution in [3.8, 4) is 0 Å². The van der Waals surface area contributed by atoms with Gasteiger partial charge in [0, 0.05) is 17.6 Å². The third-order valence-electron chi connectivity index (χ3n) is 3.31. The Balaban J connectivity index is 2.05. The van der Waals surface area contributed by atoms with Gasteiger partial charge in [0.1, 0.15) is 5.82 Å². The minimum Gasteiger partial charge on any atom is -0.478 e. The summed E-state index contributed by atoms with van der Waals surface area (Å²) in [5.74, 6) is -2.56. The van der Waals surface area contributed by atoms with Crippen molar-refractivity contribution in [2.45, 2.75) is 25.3 Å². The van der Waals surface area contributed by atoms with Gasteiger partial charge < -0.3 is 16.2 Å². The zero-order chi connectivity index (χ0) is 14.0. The molecule has 0 aliphatic heterocycles. The minimum atomic E-state index is -1.34. The molecule has 2 unspecified atom stereocenters. The lowest BCUT2D eigenvalue weighted by molar-refractivity contribution is -0.119. The maximum absolute atomic E-state index is 13.4. The van der Waals surface area contributed by atoms with Gasteiger partial charge in [-0.25, -0.2) is 9.18 Å². The Bertz CT molecular complexity index is 519. The second-order valence-corrected chi connectivity index (χ2v) is 4.76. The van der Waals surface area contributed by atoms with Gasteiger partial charge in [-0.05, 0) is 37.5 Å². The Kier molecular flexibility index (Phi) is 3.80. The number of carboxylic acid groups (broad SMARTS) is 1. The summed E-state index contributed by atoms with van der Waals surface area (Å²) in [6, 6.07) is 3.56. The molecule has 0 bridgehead atoms. The average Bonchev–Trinajstić information content (AvgIpc) is 2.75. The first-order chi connectivity index (χ1) is 8.97. The van der Waals surface area contributed by atoms with Crippen LogP contribution in [0.2, 0.25) is 0 Å². The molecule has 1 aliphatic carbocycles. The number of amides is 1. The molecule has 4 N–H and O–H groups in total. The van der Waals surface area contributed by atoms with Gasteiger partial charge in [0.15, 0.2) is 0 Å². The molecule has 2 rings (SSSR count). The maximum atomic E-state index is 13.4. The van der Waals surface area contributed by atoms with E-state index in [2.05, 4.69) is 5.32 Å². The third-order valence-corrected chi connectivity index (χ3v) is 3.31. The van der Waals surface area contributed by atoms with Gasteiger partial charge in [-0.1, -0.05) is 0 Å². The molecule has 6 heteroatoms. The lowest BCUT2D eigenvalue weighted by atomic mass is 10.1. The molecule has 1 amide bonds. The van der Waals surface area contributed by atoms with Crippen LogP contribution in [-0.2, 0) is 4.79 Å². The smallest absolute Gasteiger partial charge is 0.338 e. The number of carboxylic acids is 1. The molecule has 2 atom stereocenters. The van der Waals surface area contributed by atoms with Crippen LogP contribution in [0.4, 0.5) is 10.1 Å². The van der Waals surface area contributed by atoms with Crippen molar-refractivity contribution in [3.05, 3.63) is 29.6 Å². The molecule has 0 spiro atoms. The molecule has 0 aromatic heterocycles. The highest BCUT2D eigenvalue weighted by Crippen LogP contribution is 2.25. The first-order valence-corrected chi connectivity index (χ1v) is 6.06. The molecule has 1 aromatic rings. The van der Waals surface area contributed by atoms with E-state index in [0.717, 1.165) is 25.0 Å². The number of aromatic carboxylic acids is 1. The highest BCUT2D eigenvalue weighted by atomic mass is 19.1. The molecule has 1 fully saturated rings. The molecular formula is C13H15FN2O3. The Morgan fingerprint density at radius 2 is 2.11 bits per heavy atom. The molecule has 0 saturated heterocycles. The van der Waals surface area contributed by atoms with Crippen molar-refractivity contribution in [2.24, 2.45) is 11.7 Å². The second kappa shape index (κ2) is 5.36. The molecular weight excluding hydrogens is 251 g/mol. The first-order valence-electron chi connectivity index (χ1n) is 6.06. The highest BCUT2D eigenvalue weighted by Gasteiger charge is 2.27. The van der Waals surface area contributed by atoms with Crippen LogP contribution in [0.15, 0.2) is 18.2 Å². The largest absolute Gasteiger partial charge is 0.478 e. The van der Waals surface area contributed by atoms with E-state index in [-0.39, 0.29) is 23.6 Å². The lowest BCUT2D eigenvalue weighted by Crippen LogP contribution is -2.23. The van der Waals surface area contributed by atoms with Gasteiger partial charge in [0.2, 0.25) is 5.91 Å². The zero-order valence-electron chi connectivity index (χ0n) is 10.2. The van der Waals surface area contributed by atoms with Crippen LogP contribution >= 0.6 is 0 Å². The van der Waals surface area contributed by atoms with Crippen LogP contribution in [0, 0.1) is 11.7 Å². The summed E-state index contributed by atoms with van der Waals surface area (Å²) in [5, 5.41) is 11.3. The van der Waals surface area contributed by atoms with Gasteiger partial charge in [-0.15, -0.1) is 0 Å². The number of nitrogens with two attached hydrogens (primary N) is 1. The predicted octanol–water partition coefficient (Wildman–Crippen LogP) is 1.59. The third kappa shape index (κ3) is 3.08. The van der Waals surface area contributed by atoms with E-state index in [1.807, 2.05) is 0 Å². The first kappa shape index (κ1) is 13.5. The highest BCUT2D eigenvalue weighted by molar-refractivity contribution is 5.94. The van der Waals surface area contributed by atoms with Crippen molar-refractivity contribution < 1.29 is 19.1 Å². The standard InChI is InChI=1S/C13H15FN2O3/c14-11-6-9(3-4-10(11)13(18)19)16-12(17)7-1-2-8(15)5-7/h3-4,6-8H,1-2,5,15H2,(H,16,17)(H,18,19). The van der Waals surface area contributed by atoms with Gasteiger partial charge in [-0.2, -0.15) is 0 Å². The average molecular weight is 266 g/mol. The van der Waals surface area contributed by atoms with Crippen LogP contribution in [-0.4, -0.2) is 23.0 Å². The van der Waals surface area contributed by atoms with Crippen molar-refractivity contribution in [1.82, 2.24) is 0 Å². The summed E-state index contributed by atoms with van der Waals surface area (Å²) in [4.78, 5) is 22.5. The molecule has 1 saturated carbocycles. The summed E-state index contributed by atoms with van der Waals surface area (Å²) in [7, 11) is 0. The fourth-order valence-electron chi connectivity index (χ4n) is 2.27. The molecule has 5 nitrogen and oxygen atoms in total. The number of anilines is 1. The van der Waals surface area contributed by atoms with E-state index in [0.29, 0.717) is 6.42 Å². The number of halogens is 1. The fourth-order valence-corrected chi connectivity index (χ4v) is 2.27. The number of nitrogens with one attached hydrogen (secondary N) is 1. The maximum Gasteiger partial charge on any atom is 0.338 e. The Labute approximate surface area is 109 Å². The topological polar surface area (TPSA) is 92.4 Å². The van der Waals surface area contributed by atoms with Gasteiger partial charge in [-0.3, -0.25) is 4.79 Å². The van der Waals surface area contributed by atoms with E-state index >= 15 is 0 Å². The van der Waals surface area contributed by atoms with Gasteiger partial charge in [0.05, 0.1) is 5.56 Å². The summed E-state index contributed by atoms with van der Waals surface area (Å²) >= 11 is 0. The fraction of sp³-hybridized carbons (Fsp3) is 0.385. The van der Waals surface area contributed by atoms with Crippen LogP contribution in [0.5, 0.6) is 0 Å². The minimum absolute atomic E-state index is 0.0434. The number of carbonyl (C=O) groups excluding carboxylic acids is 1. The van der Waals surface area contributed by atoms with Crippen LogP contribution in [0.25, 0.3) is 0 Å². The quantitative estimate of drug-likeness (QED) is 0.774. The molecule has 102 valence electrons. The van der Waals surface area contributed by atoms with Gasteiger partial charge >= 0.3 is 5.97 Å². The van der Waals surface area contributed by atoms with E-state index in [4.69, 9.17) is 10.8 Å². The number of carbonyl (C=O) groups is 2. The van der Waals surface area contributed by atoms with Crippen LogP contribution in [0.1, 0.15) is 29.6 Å². The summed E-state index contributed by atoms with van der Waals surface area (Å²) in [5.41, 5.74) is 5.57. The number of rotatable bonds is 3. The lowest BCUT2D eigenvalue weighted by Gasteiger charge is -2.11. The summed E-state index contributed by atoms with van der Waals surface area (Å²) < 4.78 is 13.4. The zero-order valence-corrected chi connectivity index (χ0v) is 10.2. The second-order valence-electron chi connectivity index (χ2n) is 4.76. The van der Waals surface area contributed by atoms with E-state index in [1.165, 1.54) is 6.07 Å². The van der Waals surface area contributed by atoms with E-state index < -0.39 is 17.3 Å². The molecule has 1 aliphatic rings. The molecule has 1 aromatic carbocycles. The monoisotopic (exact) mass is 266 g/mol. The normalized spacial score (nSPS) is 22.2. The van der Waals surface area contributed by atoms with Crippen molar-refractivity contribution in [2.75, 3.05) is 5.32 Å². The Morgan fingerprint density at radius 1 is 1.37 bits per heavy atom. The van der Waals surface area contributed by atoms with E-state index in [9.17, 15) is 14.0 Å². The summed E-state index contributed by atoms with van der Waals surface area (Å²) in [6.45, 7) is 0.